The lowest BCUT2D eigenvalue weighted by Gasteiger charge is -2.14. The van der Waals surface area contributed by atoms with E-state index in [-0.39, 0.29) is 29.4 Å². The molecule has 2 aromatic rings. The van der Waals surface area contributed by atoms with Gasteiger partial charge in [-0.25, -0.2) is 13.1 Å². The number of amides is 1. The molecule has 0 bridgehead atoms. The minimum atomic E-state index is -3.07. The molecule has 138 valence electrons. The Hall–Kier alpha value is -2.26. The van der Waals surface area contributed by atoms with Crippen LogP contribution in [-0.4, -0.2) is 42.4 Å². The number of fused-ring (bicyclic) bond motifs is 1. The summed E-state index contributed by atoms with van der Waals surface area (Å²) < 4.78 is 35.6. The van der Waals surface area contributed by atoms with Crippen molar-refractivity contribution in [3.63, 3.8) is 0 Å². The second kappa shape index (κ2) is 6.17. The van der Waals surface area contributed by atoms with Crippen molar-refractivity contribution in [1.29, 1.82) is 0 Å². The minimum absolute atomic E-state index is 0.0207. The zero-order valence-corrected chi connectivity index (χ0v) is 15.4. The Morgan fingerprint density at radius 1 is 1.35 bits per heavy atom. The van der Waals surface area contributed by atoms with Gasteiger partial charge < -0.3 is 14.8 Å². The van der Waals surface area contributed by atoms with E-state index in [4.69, 9.17) is 21.1 Å². The third-order valence-electron chi connectivity index (χ3n) is 4.34. The Morgan fingerprint density at radius 3 is 2.88 bits per heavy atom. The zero-order chi connectivity index (χ0) is 18.5. The van der Waals surface area contributed by atoms with Crippen LogP contribution in [0.2, 0.25) is 5.02 Å². The van der Waals surface area contributed by atoms with E-state index in [0.29, 0.717) is 35.0 Å². The molecule has 0 radical (unpaired) electrons. The molecule has 1 saturated heterocycles. The third kappa shape index (κ3) is 3.12. The minimum Gasteiger partial charge on any atom is -0.454 e. The highest BCUT2D eigenvalue weighted by atomic mass is 35.5. The number of carbonyl (C=O) groups excluding carboxylic acids is 1. The topological polar surface area (TPSA) is 99.5 Å². The molecule has 1 aromatic carbocycles. The van der Waals surface area contributed by atoms with E-state index < -0.39 is 15.7 Å². The summed E-state index contributed by atoms with van der Waals surface area (Å²) in [5, 5.41) is 7.42. The van der Waals surface area contributed by atoms with Gasteiger partial charge in [-0.1, -0.05) is 11.6 Å². The van der Waals surface area contributed by atoms with E-state index in [9.17, 15) is 13.2 Å². The molecule has 1 fully saturated rings. The first kappa shape index (κ1) is 17.2. The molecule has 10 heteroatoms. The molecule has 1 atom stereocenters. The van der Waals surface area contributed by atoms with Gasteiger partial charge in [0.25, 0.3) is 5.91 Å². The van der Waals surface area contributed by atoms with E-state index >= 15 is 0 Å². The fourth-order valence-electron chi connectivity index (χ4n) is 3.14. The predicted octanol–water partition coefficient (Wildman–Crippen LogP) is 2.19. The largest absolute Gasteiger partial charge is 0.454 e. The van der Waals surface area contributed by atoms with Crippen molar-refractivity contribution in [2.45, 2.75) is 19.4 Å². The Morgan fingerprint density at radius 2 is 2.15 bits per heavy atom. The number of nitrogens with zero attached hydrogens (tertiary/aromatic N) is 2. The first-order valence-electron chi connectivity index (χ1n) is 7.99. The highest BCUT2D eigenvalue weighted by Gasteiger charge is 2.31. The lowest BCUT2D eigenvalue weighted by atomic mass is 10.2. The Labute approximate surface area is 155 Å². The van der Waals surface area contributed by atoms with Crippen LogP contribution in [0.3, 0.4) is 0 Å². The summed E-state index contributed by atoms with van der Waals surface area (Å²) in [4.78, 5) is 12.6. The van der Waals surface area contributed by atoms with Crippen LogP contribution in [0.1, 0.15) is 28.5 Å². The monoisotopic (exact) mass is 397 g/mol. The van der Waals surface area contributed by atoms with Gasteiger partial charge in [-0.05, 0) is 25.5 Å². The fourth-order valence-corrected chi connectivity index (χ4v) is 5.10. The van der Waals surface area contributed by atoms with Crippen LogP contribution in [0.15, 0.2) is 18.2 Å². The van der Waals surface area contributed by atoms with Crippen molar-refractivity contribution < 1.29 is 22.7 Å². The van der Waals surface area contributed by atoms with E-state index in [2.05, 4.69) is 10.4 Å². The summed E-state index contributed by atoms with van der Waals surface area (Å²) in [7, 11) is -3.07. The number of aryl methyl sites for hydroxylation is 1. The van der Waals surface area contributed by atoms with Crippen LogP contribution >= 0.6 is 11.6 Å². The highest BCUT2D eigenvalue weighted by molar-refractivity contribution is 7.91. The molecular weight excluding hydrogens is 382 g/mol. The molecule has 1 aromatic heterocycles. The molecule has 2 aliphatic rings. The van der Waals surface area contributed by atoms with Crippen molar-refractivity contribution >= 4 is 33.2 Å². The van der Waals surface area contributed by atoms with E-state index in [0.717, 1.165) is 0 Å². The van der Waals surface area contributed by atoms with Gasteiger partial charge in [-0.15, -0.1) is 0 Å². The van der Waals surface area contributed by atoms with Gasteiger partial charge >= 0.3 is 0 Å². The maximum Gasteiger partial charge on any atom is 0.257 e. The summed E-state index contributed by atoms with van der Waals surface area (Å²) >= 11 is 6.12. The highest BCUT2D eigenvalue weighted by Crippen LogP contribution is 2.40. The number of hydrogen-bond donors (Lipinski definition) is 1. The number of halogens is 1. The number of carbonyl (C=O) groups is 1. The number of rotatable bonds is 3. The Bertz CT molecular complexity index is 1000. The lowest BCUT2D eigenvalue weighted by molar-refractivity contribution is 0.102. The van der Waals surface area contributed by atoms with Crippen LogP contribution in [0.4, 0.5) is 5.82 Å². The maximum atomic E-state index is 12.6. The van der Waals surface area contributed by atoms with Crippen molar-refractivity contribution in [1.82, 2.24) is 9.78 Å². The Kier molecular flexibility index (Phi) is 4.07. The molecule has 0 saturated carbocycles. The number of hydrogen-bond acceptors (Lipinski definition) is 6. The normalized spacial score (nSPS) is 20.3. The second-order valence-electron chi connectivity index (χ2n) is 6.32. The number of sulfone groups is 1. The average Bonchev–Trinajstić information content (AvgIpc) is 3.26. The number of nitrogens with one attached hydrogen (secondary N) is 1. The van der Waals surface area contributed by atoms with E-state index in [1.54, 1.807) is 23.7 Å². The third-order valence-corrected chi connectivity index (χ3v) is 6.37. The van der Waals surface area contributed by atoms with Gasteiger partial charge in [0, 0.05) is 11.6 Å². The van der Waals surface area contributed by atoms with E-state index in [1.807, 2.05) is 0 Å². The fraction of sp³-hybridized carbons (Fsp3) is 0.375. The number of aromatic nitrogens is 2. The predicted molar refractivity (Wildman–Crippen MR) is 94.8 cm³/mol. The second-order valence-corrected chi connectivity index (χ2v) is 8.95. The van der Waals surface area contributed by atoms with Gasteiger partial charge in [0.05, 0.1) is 28.3 Å². The van der Waals surface area contributed by atoms with Gasteiger partial charge in [0.15, 0.2) is 21.3 Å². The average molecular weight is 398 g/mol. The van der Waals surface area contributed by atoms with Crippen molar-refractivity contribution in [2.24, 2.45) is 0 Å². The molecule has 1 N–H and O–H groups in total. The summed E-state index contributed by atoms with van der Waals surface area (Å²) in [6.45, 7) is 1.84. The zero-order valence-electron chi connectivity index (χ0n) is 13.9. The van der Waals surface area contributed by atoms with Crippen molar-refractivity contribution in [3.05, 3.63) is 34.5 Å². The molecule has 0 aliphatic carbocycles. The van der Waals surface area contributed by atoms with Crippen LogP contribution in [0.5, 0.6) is 11.5 Å². The van der Waals surface area contributed by atoms with Gasteiger partial charge in [0.2, 0.25) is 6.79 Å². The summed E-state index contributed by atoms with van der Waals surface area (Å²) in [5.41, 5.74) is 0.997. The van der Waals surface area contributed by atoms with Crippen LogP contribution in [0, 0.1) is 6.92 Å². The molecule has 4 rings (SSSR count). The molecule has 2 aliphatic heterocycles. The number of benzene rings is 1. The van der Waals surface area contributed by atoms with Crippen molar-refractivity contribution in [3.8, 4) is 11.5 Å². The van der Waals surface area contributed by atoms with Gasteiger partial charge in [-0.2, -0.15) is 5.10 Å². The molecule has 0 spiro atoms. The van der Waals surface area contributed by atoms with Crippen LogP contribution in [-0.2, 0) is 9.84 Å². The standard InChI is InChI=1S/C16H16ClN3O5S/c1-9-4-14(20(19-9)11-2-3-26(22,23)7-11)18-16(21)10-5-12(17)15-13(6-10)24-8-25-15/h4-6,11H,2-3,7-8H2,1H3,(H,18,21)/t11-/m1/s1. The first-order chi connectivity index (χ1) is 12.3. The summed E-state index contributed by atoms with van der Waals surface area (Å²) in [6, 6.07) is 4.47. The quantitative estimate of drug-likeness (QED) is 0.852. The van der Waals surface area contributed by atoms with Crippen LogP contribution < -0.4 is 14.8 Å². The van der Waals surface area contributed by atoms with Gasteiger partial charge in [0.1, 0.15) is 5.82 Å². The van der Waals surface area contributed by atoms with Crippen molar-refractivity contribution in [2.75, 3.05) is 23.6 Å². The maximum absolute atomic E-state index is 12.6. The summed E-state index contributed by atoms with van der Waals surface area (Å²) in [6.07, 6.45) is 0.474. The molecule has 0 unspecified atom stereocenters. The number of ether oxygens (including phenoxy) is 2. The first-order valence-corrected chi connectivity index (χ1v) is 10.2. The molecule has 1 amide bonds. The Balaban J connectivity index is 1.60. The molecule has 8 nitrogen and oxygen atoms in total. The SMILES string of the molecule is Cc1cc(NC(=O)c2cc(Cl)c3c(c2)OCO3)n([C@@H]2CCS(=O)(=O)C2)n1. The summed E-state index contributed by atoms with van der Waals surface area (Å²) in [5.74, 6) is 1.03. The lowest BCUT2D eigenvalue weighted by Crippen LogP contribution is -2.19. The molecule has 26 heavy (non-hydrogen) atoms. The van der Waals surface area contributed by atoms with Crippen LogP contribution in [0.25, 0.3) is 0 Å². The molecule has 3 heterocycles. The van der Waals surface area contributed by atoms with E-state index in [1.165, 1.54) is 6.07 Å². The smallest absolute Gasteiger partial charge is 0.257 e. The molecular formula is C16H16ClN3O5S. The van der Waals surface area contributed by atoms with Gasteiger partial charge in [-0.3, -0.25) is 4.79 Å². The number of anilines is 1.